The van der Waals surface area contributed by atoms with Crippen LogP contribution < -0.4 is 5.73 Å². The van der Waals surface area contributed by atoms with Gasteiger partial charge in [0.25, 0.3) is 0 Å². The van der Waals surface area contributed by atoms with Gasteiger partial charge in [-0.05, 0) is 55.3 Å². The van der Waals surface area contributed by atoms with Crippen molar-refractivity contribution in [2.45, 2.75) is 25.4 Å². The largest absolute Gasteiger partial charge is 0.322 e. The summed E-state index contributed by atoms with van der Waals surface area (Å²) in [6.07, 6.45) is 0. The Bertz CT molecular complexity index is 307. The van der Waals surface area contributed by atoms with Gasteiger partial charge in [-0.1, -0.05) is 0 Å². The number of rotatable bonds is 3. The molecule has 0 aromatic carbocycles. The summed E-state index contributed by atoms with van der Waals surface area (Å²) >= 11 is 5.22. The summed E-state index contributed by atoms with van der Waals surface area (Å²) in [4.78, 5) is 3.37. The van der Waals surface area contributed by atoms with E-state index in [1.807, 2.05) is 6.07 Å². The Hall–Kier alpha value is 0.100. The van der Waals surface area contributed by atoms with Crippen LogP contribution >= 0.6 is 27.3 Å². The van der Waals surface area contributed by atoms with E-state index in [9.17, 15) is 0 Å². The van der Waals surface area contributed by atoms with Crippen LogP contribution in [0.15, 0.2) is 15.9 Å². The van der Waals surface area contributed by atoms with Crippen LogP contribution in [-0.2, 0) is 0 Å². The second-order valence-corrected chi connectivity index (χ2v) is 5.96. The first-order valence-electron chi connectivity index (χ1n) is 4.53. The van der Waals surface area contributed by atoms with Crippen molar-refractivity contribution < 1.29 is 0 Å². The van der Waals surface area contributed by atoms with Crippen LogP contribution in [0.3, 0.4) is 0 Å². The number of nitrogens with zero attached hydrogens (tertiary/aromatic N) is 1. The number of hydrogen-bond acceptors (Lipinski definition) is 3. The first-order valence-corrected chi connectivity index (χ1v) is 6.20. The molecule has 1 heterocycles. The quantitative estimate of drug-likeness (QED) is 0.920. The van der Waals surface area contributed by atoms with Gasteiger partial charge in [0.1, 0.15) is 0 Å². The average Bonchev–Trinajstić information content (AvgIpc) is 2.49. The average molecular weight is 277 g/mol. The summed E-state index contributed by atoms with van der Waals surface area (Å²) < 4.78 is 1.12. The van der Waals surface area contributed by atoms with E-state index in [1.165, 1.54) is 4.88 Å². The number of nitrogens with two attached hydrogens (primary N) is 1. The van der Waals surface area contributed by atoms with Crippen molar-refractivity contribution in [1.29, 1.82) is 0 Å². The van der Waals surface area contributed by atoms with E-state index in [-0.39, 0.29) is 11.6 Å². The summed E-state index contributed by atoms with van der Waals surface area (Å²) in [5.41, 5.74) is 6.22. The van der Waals surface area contributed by atoms with Crippen molar-refractivity contribution in [2.24, 2.45) is 5.73 Å². The topological polar surface area (TPSA) is 29.3 Å². The fourth-order valence-corrected chi connectivity index (χ4v) is 2.93. The summed E-state index contributed by atoms with van der Waals surface area (Å²) in [6, 6.07) is 2.08. The van der Waals surface area contributed by atoms with Gasteiger partial charge in [0.2, 0.25) is 0 Å². The van der Waals surface area contributed by atoms with Crippen molar-refractivity contribution in [3.05, 3.63) is 20.8 Å². The molecule has 1 aromatic heterocycles. The molecule has 0 spiro atoms. The molecule has 14 heavy (non-hydrogen) atoms. The Kier molecular flexibility index (Phi) is 3.75. The van der Waals surface area contributed by atoms with Crippen LogP contribution in [-0.4, -0.2) is 24.5 Å². The molecule has 0 amide bonds. The lowest BCUT2D eigenvalue weighted by Gasteiger charge is -2.37. The molecule has 80 valence electrons. The highest BCUT2D eigenvalue weighted by atomic mass is 79.9. The molecule has 0 saturated heterocycles. The first kappa shape index (κ1) is 12.2. The van der Waals surface area contributed by atoms with E-state index in [2.05, 4.69) is 54.2 Å². The minimum Gasteiger partial charge on any atom is -0.322 e. The number of likely N-dealkylation sites (N-methyl/N-ethyl adjacent to an activating group) is 1. The molecule has 0 aliphatic heterocycles. The highest BCUT2D eigenvalue weighted by Crippen LogP contribution is 2.35. The zero-order chi connectivity index (χ0) is 10.9. The summed E-state index contributed by atoms with van der Waals surface area (Å²) in [5, 5.41) is 2.06. The summed E-state index contributed by atoms with van der Waals surface area (Å²) in [7, 11) is 4.11. The third-order valence-corrected chi connectivity index (χ3v) is 4.79. The lowest BCUT2D eigenvalue weighted by molar-refractivity contribution is 0.160. The van der Waals surface area contributed by atoms with Gasteiger partial charge in [0.05, 0.1) is 6.04 Å². The maximum atomic E-state index is 6.26. The molecule has 0 radical (unpaired) electrons. The third-order valence-electron chi connectivity index (χ3n) is 2.84. The fraction of sp³-hybridized carbons (Fsp3) is 0.600. The van der Waals surface area contributed by atoms with E-state index in [0.29, 0.717) is 0 Å². The van der Waals surface area contributed by atoms with Crippen molar-refractivity contribution in [3.8, 4) is 0 Å². The van der Waals surface area contributed by atoms with Crippen molar-refractivity contribution in [1.82, 2.24) is 4.90 Å². The van der Waals surface area contributed by atoms with Crippen LogP contribution in [0.2, 0.25) is 0 Å². The molecular weight excluding hydrogens is 260 g/mol. The maximum Gasteiger partial charge on any atom is 0.0582 e. The Morgan fingerprint density at radius 3 is 2.43 bits per heavy atom. The zero-order valence-electron chi connectivity index (χ0n) is 9.04. The highest BCUT2D eigenvalue weighted by molar-refractivity contribution is 9.10. The van der Waals surface area contributed by atoms with E-state index < -0.39 is 0 Å². The minimum absolute atomic E-state index is 0.0341. The molecule has 1 aromatic rings. The van der Waals surface area contributed by atoms with Crippen molar-refractivity contribution in [3.63, 3.8) is 0 Å². The molecule has 0 fully saturated rings. The maximum absolute atomic E-state index is 6.26. The van der Waals surface area contributed by atoms with Gasteiger partial charge in [-0.15, -0.1) is 11.3 Å². The normalized spacial score (nSPS) is 14.8. The Labute approximate surface area is 98.2 Å². The second kappa shape index (κ2) is 4.31. The smallest absolute Gasteiger partial charge is 0.0582 e. The molecule has 1 rings (SSSR count). The standard InChI is InChI=1S/C10H17BrN2S/c1-10(2,13(3)4)9(12)8-7(11)5-6-14-8/h5-6,9H,12H2,1-4H3. The Balaban J connectivity index is 2.96. The number of halogens is 1. The molecule has 0 bridgehead atoms. The summed E-state index contributed by atoms with van der Waals surface area (Å²) in [5.74, 6) is 0. The van der Waals surface area contributed by atoms with Crippen LogP contribution in [0.4, 0.5) is 0 Å². The van der Waals surface area contributed by atoms with Gasteiger partial charge in [-0.2, -0.15) is 0 Å². The molecule has 0 aliphatic rings. The van der Waals surface area contributed by atoms with Crippen LogP contribution in [0.5, 0.6) is 0 Å². The van der Waals surface area contributed by atoms with E-state index in [1.54, 1.807) is 11.3 Å². The predicted molar refractivity (Wildman–Crippen MR) is 66.7 cm³/mol. The minimum atomic E-state index is -0.0344. The molecular formula is C10H17BrN2S. The monoisotopic (exact) mass is 276 g/mol. The van der Waals surface area contributed by atoms with Gasteiger partial charge >= 0.3 is 0 Å². The van der Waals surface area contributed by atoms with E-state index in [4.69, 9.17) is 5.73 Å². The highest BCUT2D eigenvalue weighted by Gasteiger charge is 2.31. The van der Waals surface area contributed by atoms with Gasteiger partial charge < -0.3 is 10.6 Å². The van der Waals surface area contributed by atoms with Gasteiger partial charge in [-0.3, -0.25) is 0 Å². The molecule has 1 unspecified atom stereocenters. The van der Waals surface area contributed by atoms with Crippen LogP contribution in [0.25, 0.3) is 0 Å². The predicted octanol–water partition coefficient (Wildman–Crippen LogP) is 2.85. The fourth-order valence-electron chi connectivity index (χ4n) is 1.13. The first-order chi connectivity index (χ1) is 6.37. The molecule has 4 heteroatoms. The van der Waals surface area contributed by atoms with Gasteiger partial charge in [-0.25, -0.2) is 0 Å². The van der Waals surface area contributed by atoms with Crippen LogP contribution in [0, 0.1) is 0 Å². The third kappa shape index (κ3) is 2.19. The lowest BCUT2D eigenvalue weighted by atomic mass is 9.93. The van der Waals surface area contributed by atoms with Crippen molar-refractivity contribution >= 4 is 27.3 Å². The van der Waals surface area contributed by atoms with E-state index >= 15 is 0 Å². The molecule has 2 N–H and O–H groups in total. The summed E-state index contributed by atoms with van der Waals surface area (Å²) in [6.45, 7) is 4.31. The van der Waals surface area contributed by atoms with Crippen LogP contribution in [0.1, 0.15) is 24.8 Å². The second-order valence-electron chi connectivity index (χ2n) is 4.16. The Morgan fingerprint density at radius 1 is 1.50 bits per heavy atom. The van der Waals surface area contributed by atoms with Gasteiger partial charge in [0.15, 0.2) is 0 Å². The SMILES string of the molecule is CN(C)C(C)(C)C(N)c1sccc1Br. The number of thiophene rings is 1. The molecule has 0 saturated carbocycles. The Morgan fingerprint density at radius 2 is 2.07 bits per heavy atom. The zero-order valence-corrected chi connectivity index (χ0v) is 11.4. The molecule has 0 aliphatic carbocycles. The van der Waals surface area contributed by atoms with Crippen molar-refractivity contribution in [2.75, 3.05) is 14.1 Å². The molecule has 2 nitrogen and oxygen atoms in total. The number of hydrogen-bond donors (Lipinski definition) is 1. The molecule has 1 atom stereocenters. The lowest BCUT2D eigenvalue weighted by Crippen LogP contribution is -2.47. The van der Waals surface area contributed by atoms with E-state index in [0.717, 1.165) is 4.47 Å². The van der Waals surface area contributed by atoms with Gasteiger partial charge in [0, 0.05) is 14.9 Å².